The zero-order valence-electron chi connectivity index (χ0n) is 17.9. The molecule has 1 amide bonds. The van der Waals surface area contributed by atoms with Crippen molar-refractivity contribution in [3.8, 4) is 11.5 Å². The second-order valence-electron chi connectivity index (χ2n) is 7.58. The third kappa shape index (κ3) is 7.19. The summed E-state index contributed by atoms with van der Waals surface area (Å²) in [5.74, 6) is 2.16. The molecule has 5 nitrogen and oxygen atoms in total. The van der Waals surface area contributed by atoms with Gasteiger partial charge in [0, 0.05) is 18.7 Å². The van der Waals surface area contributed by atoms with Gasteiger partial charge in [-0.1, -0.05) is 26.8 Å². The predicted molar refractivity (Wildman–Crippen MR) is 115 cm³/mol. The van der Waals surface area contributed by atoms with Crippen LogP contribution in [0, 0.1) is 5.92 Å². The summed E-state index contributed by atoms with van der Waals surface area (Å²) in [7, 11) is 1.64. The number of hydrogen-bond donors (Lipinski definition) is 1. The molecule has 1 aliphatic carbocycles. The Bertz CT molecular complexity index is 633. The van der Waals surface area contributed by atoms with E-state index in [0.717, 1.165) is 49.7 Å². The molecule has 5 heteroatoms. The molecule has 1 aliphatic rings. The van der Waals surface area contributed by atoms with Crippen LogP contribution < -0.4 is 14.8 Å². The van der Waals surface area contributed by atoms with Gasteiger partial charge in [0.1, 0.15) is 6.61 Å². The first-order chi connectivity index (χ1) is 13.5. The number of hydrogen-bond acceptors (Lipinski definition) is 4. The molecule has 1 aromatic carbocycles. The fraction of sp³-hybridized carbons (Fsp3) is 0.609. The van der Waals surface area contributed by atoms with E-state index in [4.69, 9.17) is 9.47 Å². The van der Waals surface area contributed by atoms with Gasteiger partial charge < -0.3 is 19.7 Å². The minimum absolute atomic E-state index is 0.0296. The summed E-state index contributed by atoms with van der Waals surface area (Å²) in [5, 5.41) is 3.11. The summed E-state index contributed by atoms with van der Waals surface area (Å²) in [6, 6.07) is 6.06. The summed E-state index contributed by atoms with van der Waals surface area (Å²) in [4.78, 5) is 14.5. The van der Waals surface area contributed by atoms with Crippen molar-refractivity contribution < 1.29 is 14.3 Å². The van der Waals surface area contributed by atoms with Crippen LogP contribution in [0.5, 0.6) is 11.5 Å². The highest BCUT2D eigenvalue weighted by atomic mass is 16.5. The zero-order chi connectivity index (χ0) is 20.4. The smallest absolute Gasteiger partial charge is 0.244 e. The van der Waals surface area contributed by atoms with E-state index in [1.54, 1.807) is 13.2 Å². The molecule has 0 aromatic heterocycles. The molecule has 0 spiro atoms. The van der Waals surface area contributed by atoms with E-state index in [0.29, 0.717) is 18.4 Å². The first kappa shape index (κ1) is 22.3. The van der Waals surface area contributed by atoms with Gasteiger partial charge in [0.25, 0.3) is 0 Å². The molecule has 0 heterocycles. The van der Waals surface area contributed by atoms with Crippen LogP contribution in [0.25, 0.3) is 6.08 Å². The average molecular weight is 389 g/mol. The molecule has 0 atom stereocenters. The Balaban J connectivity index is 1.87. The lowest BCUT2D eigenvalue weighted by Gasteiger charge is -2.26. The highest BCUT2D eigenvalue weighted by molar-refractivity contribution is 5.92. The summed E-state index contributed by atoms with van der Waals surface area (Å²) >= 11 is 0. The van der Waals surface area contributed by atoms with Gasteiger partial charge in [-0.15, -0.1) is 0 Å². The van der Waals surface area contributed by atoms with Crippen molar-refractivity contribution in [2.24, 2.45) is 5.92 Å². The van der Waals surface area contributed by atoms with Crippen molar-refractivity contribution >= 4 is 12.0 Å². The summed E-state index contributed by atoms with van der Waals surface area (Å²) in [5.41, 5.74) is 0.917. The van der Waals surface area contributed by atoms with Crippen molar-refractivity contribution in [3.05, 3.63) is 29.8 Å². The van der Waals surface area contributed by atoms with Gasteiger partial charge in [-0.05, 0) is 68.5 Å². The molecule has 0 radical (unpaired) electrons. The van der Waals surface area contributed by atoms with Crippen molar-refractivity contribution in [3.63, 3.8) is 0 Å². The number of nitrogens with one attached hydrogen (secondary N) is 1. The van der Waals surface area contributed by atoms with Gasteiger partial charge >= 0.3 is 0 Å². The van der Waals surface area contributed by atoms with E-state index in [1.807, 2.05) is 24.3 Å². The normalized spacial score (nSPS) is 19.8. The molecule has 1 N–H and O–H groups in total. The fourth-order valence-electron chi connectivity index (χ4n) is 3.56. The number of amides is 1. The SMILES string of the molecule is CCN(CC)CCOc1ccc(C=CC(=O)NC2CCC(C)CC2)cc1OC. The van der Waals surface area contributed by atoms with Crippen LogP contribution in [0.2, 0.25) is 0 Å². The molecule has 1 fully saturated rings. The van der Waals surface area contributed by atoms with E-state index in [-0.39, 0.29) is 5.91 Å². The fourth-order valence-corrected chi connectivity index (χ4v) is 3.56. The quantitative estimate of drug-likeness (QED) is 0.613. The molecule has 0 bridgehead atoms. The maximum Gasteiger partial charge on any atom is 0.244 e. The summed E-state index contributed by atoms with van der Waals surface area (Å²) < 4.78 is 11.3. The van der Waals surface area contributed by atoms with Gasteiger partial charge in [-0.25, -0.2) is 0 Å². The van der Waals surface area contributed by atoms with Gasteiger partial charge in [-0.3, -0.25) is 4.79 Å². The Morgan fingerprint density at radius 2 is 1.89 bits per heavy atom. The molecule has 0 aliphatic heterocycles. The van der Waals surface area contributed by atoms with Gasteiger partial charge in [0.2, 0.25) is 5.91 Å². The number of methoxy groups -OCH3 is 1. The van der Waals surface area contributed by atoms with E-state index >= 15 is 0 Å². The molecule has 2 rings (SSSR count). The van der Waals surface area contributed by atoms with Crippen molar-refractivity contribution in [1.82, 2.24) is 10.2 Å². The number of rotatable bonds is 10. The summed E-state index contributed by atoms with van der Waals surface area (Å²) in [6.07, 6.45) is 7.97. The minimum Gasteiger partial charge on any atom is -0.493 e. The van der Waals surface area contributed by atoms with Crippen molar-refractivity contribution in [1.29, 1.82) is 0 Å². The van der Waals surface area contributed by atoms with Crippen molar-refractivity contribution in [2.75, 3.05) is 33.4 Å². The largest absolute Gasteiger partial charge is 0.493 e. The Labute approximate surface area is 170 Å². The highest BCUT2D eigenvalue weighted by Gasteiger charge is 2.18. The van der Waals surface area contributed by atoms with E-state index in [9.17, 15) is 4.79 Å². The number of ether oxygens (including phenoxy) is 2. The molecule has 0 saturated heterocycles. The van der Waals surface area contributed by atoms with Crippen LogP contribution in [0.1, 0.15) is 52.0 Å². The Hall–Kier alpha value is -2.01. The average Bonchev–Trinajstić information content (AvgIpc) is 2.72. The second-order valence-corrected chi connectivity index (χ2v) is 7.58. The molecule has 28 heavy (non-hydrogen) atoms. The Morgan fingerprint density at radius 3 is 2.54 bits per heavy atom. The standard InChI is InChI=1S/C23H36N2O3/c1-5-25(6-2)15-16-28-21-13-9-19(17-22(21)27-4)10-14-23(26)24-20-11-7-18(3)8-12-20/h9-10,13-14,17-18,20H,5-8,11-12,15-16H2,1-4H3,(H,24,26). The lowest BCUT2D eigenvalue weighted by molar-refractivity contribution is -0.117. The van der Waals surface area contributed by atoms with Crippen LogP contribution in [-0.2, 0) is 4.79 Å². The van der Waals surface area contributed by atoms with E-state index in [2.05, 4.69) is 31.0 Å². The third-order valence-corrected chi connectivity index (χ3v) is 5.54. The first-order valence-electron chi connectivity index (χ1n) is 10.6. The monoisotopic (exact) mass is 388 g/mol. The van der Waals surface area contributed by atoms with Gasteiger partial charge in [0.05, 0.1) is 7.11 Å². The number of likely N-dealkylation sites (N-methyl/N-ethyl adjacent to an activating group) is 1. The lowest BCUT2D eigenvalue weighted by Crippen LogP contribution is -2.36. The molecule has 156 valence electrons. The van der Waals surface area contributed by atoms with Crippen LogP contribution in [0.3, 0.4) is 0 Å². The molecule has 0 unspecified atom stereocenters. The molecular formula is C23H36N2O3. The van der Waals surface area contributed by atoms with E-state index < -0.39 is 0 Å². The van der Waals surface area contributed by atoms with Crippen LogP contribution in [0.4, 0.5) is 0 Å². The number of benzene rings is 1. The summed E-state index contributed by atoms with van der Waals surface area (Å²) in [6.45, 7) is 10.1. The minimum atomic E-state index is -0.0296. The number of carbonyl (C=O) groups excluding carboxylic acids is 1. The lowest BCUT2D eigenvalue weighted by atomic mass is 9.87. The maximum absolute atomic E-state index is 12.2. The first-order valence-corrected chi connectivity index (χ1v) is 10.6. The van der Waals surface area contributed by atoms with Crippen LogP contribution >= 0.6 is 0 Å². The maximum atomic E-state index is 12.2. The topological polar surface area (TPSA) is 50.8 Å². The number of carbonyl (C=O) groups is 1. The third-order valence-electron chi connectivity index (χ3n) is 5.54. The number of nitrogens with zero attached hydrogens (tertiary/aromatic N) is 1. The van der Waals surface area contributed by atoms with Gasteiger partial charge in [0.15, 0.2) is 11.5 Å². The van der Waals surface area contributed by atoms with Gasteiger partial charge in [-0.2, -0.15) is 0 Å². The molecule has 1 aromatic rings. The Morgan fingerprint density at radius 1 is 1.18 bits per heavy atom. The van der Waals surface area contributed by atoms with Crippen LogP contribution in [-0.4, -0.2) is 50.2 Å². The molecular weight excluding hydrogens is 352 g/mol. The Kier molecular flexibility index (Phi) is 9.35. The van der Waals surface area contributed by atoms with Crippen molar-refractivity contribution in [2.45, 2.75) is 52.5 Å². The van der Waals surface area contributed by atoms with Crippen LogP contribution in [0.15, 0.2) is 24.3 Å². The van der Waals surface area contributed by atoms with E-state index in [1.165, 1.54) is 12.8 Å². The molecule has 1 saturated carbocycles. The predicted octanol–water partition coefficient (Wildman–Crippen LogP) is 4.12. The highest BCUT2D eigenvalue weighted by Crippen LogP contribution is 2.28. The second kappa shape index (κ2) is 11.7. The zero-order valence-corrected chi connectivity index (χ0v) is 17.9.